The van der Waals surface area contributed by atoms with E-state index in [9.17, 15) is 9.59 Å². The van der Waals surface area contributed by atoms with Crippen LogP contribution in [0.15, 0.2) is 30.3 Å². The molecule has 1 aliphatic carbocycles. The molecule has 2 unspecified atom stereocenters. The number of carbonyl (C=O) groups is 2. The molecule has 0 aliphatic heterocycles. The maximum atomic E-state index is 12.6. The van der Waals surface area contributed by atoms with E-state index in [1.54, 1.807) is 19.0 Å². The number of benzene rings is 1. The van der Waals surface area contributed by atoms with E-state index in [0.717, 1.165) is 31.2 Å². The second-order valence-corrected chi connectivity index (χ2v) is 7.13. The Kier molecular flexibility index (Phi) is 5.99. The van der Waals surface area contributed by atoms with Crippen LogP contribution in [0.3, 0.4) is 0 Å². The van der Waals surface area contributed by atoms with Crippen LogP contribution in [-0.4, -0.2) is 37.4 Å². The topological polar surface area (TPSA) is 75.4 Å². The van der Waals surface area contributed by atoms with Gasteiger partial charge >= 0.3 is 0 Å². The molecular formula is C19H29N3O2. The van der Waals surface area contributed by atoms with Crippen molar-refractivity contribution in [2.45, 2.75) is 38.6 Å². The third-order valence-corrected chi connectivity index (χ3v) is 5.16. The minimum absolute atomic E-state index is 0.0933. The highest BCUT2D eigenvalue weighted by Crippen LogP contribution is 2.39. The number of nitrogens with zero attached hydrogens (tertiary/aromatic N) is 1. The molecule has 0 aromatic heterocycles. The molecule has 1 aromatic rings. The molecule has 1 aliphatic rings. The smallest absolute Gasteiger partial charge is 0.230 e. The zero-order chi connectivity index (χ0) is 17.7. The molecule has 1 aromatic carbocycles. The van der Waals surface area contributed by atoms with Gasteiger partial charge in [0.05, 0.1) is 11.3 Å². The highest BCUT2D eigenvalue weighted by Gasteiger charge is 2.42. The Morgan fingerprint density at radius 2 is 1.79 bits per heavy atom. The number of hydrogen-bond acceptors (Lipinski definition) is 3. The van der Waals surface area contributed by atoms with Crippen LogP contribution in [0, 0.1) is 11.3 Å². The molecule has 0 spiro atoms. The summed E-state index contributed by atoms with van der Waals surface area (Å²) < 4.78 is 0. The molecule has 0 saturated heterocycles. The fourth-order valence-electron chi connectivity index (χ4n) is 3.54. The second kappa shape index (κ2) is 7.79. The summed E-state index contributed by atoms with van der Waals surface area (Å²) in [6, 6.07) is 9.28. The van der Waals surface area contributed by atoms with Crippen LogP contribution in [0.2, 0.25) is 0 Å². The average Bonchev–Trinajstić information content (AvgIpc) is 3.08. The molecule has 2 rings (SSSR count). The molecule has 24 heavy (non-hydrogen) atoms. The van der Waals surface area contributed by atoms with Crippen LogP contribution < -0.4 is 11.1 Å². The standard InChI is InChI=1S/C19H29N3O2/c1-14(16(20)15-9-5-4-6-10-15)17(23)21-13-19(11-7-8-12-19)18(24)22(2)3/h4-6,9-10,14,16H,7-8,11-13,20H2,1-3H3,(H,21,23). The van der Waals surface area contributed by atoms with Gasteiger partial charge in [-0.05, 0) is 18.4 Å². The first-order valence-electron chi connectivity index (χ1n) is 8.67. The summed E-state index contributed by atoms with van der Waals surface area (Å²) in [5.41, 5.74) is 6.72. The van der Waals surface area contributed by atoms with Gasteiger partial charge in [0.2, 0.25) is 11.8 Å². The monoisotopic (exact) mass is 331 g/mol. The number of hydrogen-bond donors (Lipinski definition) is 2. The molecule has 132 valence electrons. The summed E-state index contributed by atoms with van der Waals surface area (Å²) in [4.78, 5) is 26.7. The minimum Gasteiger partial charge on any atom is -0.355 e. The van der Waals surface area contributed by atoms with Gasteiger partial charge in [0.15, 0.2) is 0 Å². The zero-order valence-electron chi connectivity index (χ0n) is 14.9. The van der Waals surface area contributed by atoms with E-state index >= 15 is 0 Å². The maximum absolute atomic E-state index is 12.6. The molecule has 0 bridgehead atoms. The summed E-state index contributed by atoms with van der Waals surface area (Å²) in [6.45, 7) is 2.23. The van der Waals surface area contributed by atoms with Crippen molar-refractivity contribution in [1.82, 2.24) is 10.2 Å². The van der Waals surface area contributed by atoms with Crippen LogP contribution in [-0.2, 0) is 9.59 Å². The third-order valence-electron chi connectivity index (χ3n) is 5.16. The molecule has 2 amide bonds. The maximum Gasteiger partial charge on any atom is 0.230 e. The molecule has 3 N–H and O–H groups in total. The Hall–Kier alpha value is -1.88. The van der Waals surface area contributed by atoms with Gasteiger partial charge in [-0.15, -0.1) is 0 Å². The number of carbonyl (C=O) groups excluding carboxylic acids is 2. The molecule has 5 nitrogen and oxygen atoms in total. The first kappa shape index (κ1) is 18.5. The Labute approximate surface area is 144 Å². The van der Waals surface area contributed by atoms with Gasteiger partial charge in [0.25, 0.3) is 0 Å². The summed E-state index contributed by atoms with van der Waals surface area (Å²) in [6.07, 6.45) is 3.75. The summed E-state index contributed by atoms with van der Waals surface area (Å²) >= 11 is 0. The highest BCUT2D eigenvalue weighted by molar-refractivity contribution is 5.84. The van der Waals surface area contributed by atoms with Crippen molar-refractivity contribution in [2.75, 3.05) is 20.6 Å². The molecular weight excluding hydrogens is 302 g/mol. The van der Waals surface area contributed by atoms with E-state index < -0.39 is 5.41 Å². The van der Waals surface area contributed by atoms with Gasteiger partial charge in [-0.2, -0.15) is 0 Å². The lowest BCUT2D eigenvalue weighted by Crippen LogP contribution is -2.48. The van der Waals surface area contributed by atoms with Crippen molar-refractivity contribution in [3.63, 3.8) is 0 Å². The van der Waals surface area contributed by atoms with Crippen molar-refractivity contribution in [3.8, 4) is 0 Å². The predicted molar refractivity (Wildman–Crippen MR) is 95.1 cm³/mol. The van der Waals surface area contributed by atoms with E-state index in [1.807, 2.05) is 37.3 Å². The number of rotatable bonds is 6. The molecule has 0 heterocycles. The van der Waals surface area contributed by atoms with Crippen molar-refractivity contribution in [1.29, 1.82) is 0 Å². The SMILES string of the molecule is CC(C(=O)NCC1(C(=O)N(C)C)CCCC1)C(N)c1ccccc1. The number of nitrogens with one attached hydrogen (secondary N) is 1. The van der Waals surface area contributed by atoms with E-state index in [2.05, 4.69) is 5.32 Å². The number of amides is 2. The first-order valence-corrected chi connectivity index (χ1v) is 8.67. The van der Waals surface area contributed by atoms with Crippen LogP contribution in [0.1, 0.15) is 44.2 Å². The molecule has 1 fully saturated rings. The van der Waals surface area contributed by atoms with Gasteiger partial charge in [0.1, 0.15) is 0 Å². The zero-order valence-corrected chi connectivity index (χ0v) is 14.9. The van der Waals surface area contributed by atoms with Crippen LogP contribution in [0.25, 0.3) is 0 Å². The van der Waals surface area contributed by atoms with E-state index in [1.165, 1.54) is 0 Å². The Bertz CT molecular complexity index is 565. The fraction of sp³-hybridized carbons (Fsp3) is 0.579. The van der Waals surface area contributed by atoms with Crippen molar-refractivity contribution in [2.24, 2.45) is 17.1 Å². The van der Waals surface area contributed by atoms with Crippen LogP contribution >= 0.6 is 0 Å². The minimum atomic E-state index is -0.449. The largest absolute Gasteiger partial charge is 0.355 e. The third kappa shape index (κ3) is 3.96. The van der Waals surface area contributed by atoms with Gasteiger partial charge in [0, 0.05) is 26.7 Å². The van der Waals surface area contributed by atoms with Gasteiger partial charge in [-0.25, -0.2) is 0 Å². The van der Waals surface area contributed by atoms with Crippen molar-refractivity contribution >= 4 is 11.8 Å². The molecule has 1 saturated carbocycles. The lowest BCUT2D eigenvalue weighted by Gasteiger charge is -2.31. The normalized spacial score (nSPS) is 18.7. The Morgan fingerprint density at radius 3 is 2.33 bits per heavy atom. The van der Waals surface area contributed by atoms with Crippen LogP contribution in [0.4, 0.5) is 0 Å². The van der Waals surface area contributed by atoms with E-state index in [0.29, 0.717) is 6.54 Å². The second-order valence-electron chi connectivity index (χ2n) is 7.13. The molecule has 5 heteroatoms. The Morgan fingerprint density at radius 1 is 1.21 bits per heavy atom. The lowest BCUT2D eigenvalue weighted by molar-refractivity contribution is -0.139. The van der Waals surface area contributed by atoms with E-state index in [-0.39, 0.29) is 23.8 Å². The Balaban J connectivity index is 1.99. The van der Waals surface area contributed by atoms with Crippen molar-refractivity contribution < 1.29 is 9.59 Å². The van der Waals surface area contributed by atoms with Crippen LogP contribution in [0.5, 0.6) is 0 Å². The average molecular weight is 331 g/mol. The van der Waals surface area contributed by atoms with Gasteiger partial charge in [-0.1, -0.05) is 50.1 Å². The quantitative estimate of drug-likeness (QED) is 0.838. The summed E-state index contributed by atoms with van der Waals surface area (Å²) in [5, 5.41) is 2.99. The lowest BCUT2D eigenvalue weighted by atomic mass is 9.84. The van der Waals surface area contributed by atoms with Gasteiger partial charge in [-0.3, -0.25) is 9.59 Å². The molecule has 0 radical (unpaired) electrons. The number of nitrogens with two attached hydrogens (primary N) is 1. The first-order chi connectivity index (χ1) is 11.4. The predicted octanol–water partition coefficient (Wildman–Crippen LogP) is 2.09. The summed E-state index contributed by atoms with van der Waals surface area (Å²) in [5.74, 6) is -0.329. The van der Waals surface area contributed by atoms with Gasteiger partial charge < -0.3 is 16.0 Å². The highest BCUT2D eigenvalue weighted by atomic mass is 16.2. The van der Waals surface area contributed by atoms with E-state index in [4.69, 9.17) is 5.73 Å². The fourth-order valence-corrected chi connectivity index (χ4v) is 3.54. The summed E-state index contributed by atoms with van der Waals surface area (Å²) in [7, 11) is 3.55. The molecule has 2 atom stereocenters. The van der Waals surface area contributed by atoms with Crippen molar-refractivity contribution in [3.05, 3.63) is 35.9 Å².